The standard InChI is InChI=1S/C17H28N4/c1-2-11-18-16-14-9-5-3-6-10-15(14)19-17(20-16)21-12-7-4-8-13-21/h2-13H2,1H3,(H,18,19,20). The van der Waals surface area contributed by atoms with Gasteiger partial charge in [0.25, 0.3) is 0 Å². The van der Waals surface area contributed by atoms with E-state index in [1.165, 1.54) is 49.8 Å². The SMILES string of the molecule is CCCNc1nc(N2CCCCC2)nc2c1CCCCC2. The van der Waals surface area contributed by atoms with Crippen LogP contribution >= 0.6 is 0 Å². The number of rotatable bonds is 4. The molecular weight excluding hydrogens is 260 g/mol. The van der Waals surface area contributed by atoms with E-state index >= 15 is 0 Å². The van der Waals surface area contributed by atoms with E-state index in [0.717, 1.165) is 50.7 Å². The van der Waals surface area contributed by atoms with Crippen molar-refractivity contribution < 1.29 is 0 Å². The van der Waals surface area contributed by atoms with Crippen LogP contribution in [0.2, 0.25) is 0 Å². The molecule has 0 spiro atoms. The molecule has 0 atom stereocenters. The number of hydrogen-bond donors (Lipinski definition) is 1. The zero-order chi connectivity index (χ0) is 14.5. The van der Waals surface area contributed by atoms with Gasteiger partial charge in [0.1, 0.15) is 5.82 Å². The third-order valence-electron chi connectivity index (χ3n) is 4.60. The topological polar surface area (TPSA) is 41.1 Å². The lowest BCUT2D eigenvalue weighted by Crippen LogP contribution is -2.31. The van der Waals surface area contributed by atoms with Crippen molar-refractivity contribution in [3.05, 3.63) is 11.3 Å². The Morgan fingerprint density at radius 3 is 2.52 bits per heavy atom. The van der Waals surface area contributed by atoms with Gasteiger partial charge in [-0.2, -0.15) is 4.98 Å². The van der Waals surface area contributed by atoms with E-state index in [1.54, 1.807) is 0 Å². The van der Waals surface area contributed by atoms with E-state index < -0.39 is 0 Å². The fourth-order valence-electron chi connectivity index (χ4n) is 3.38. The van der Waals surface area contributed by atoms with Crippen LogP contribution in [0, 0.1) is 0 Å². The Balaban J connectivity index is 1.91. The third kappa shape index (κ3) is 3.47. The maximum atomic E-state index is 4.94. The molecule has 0 aromatic carbocycles. The largest absolute Gasteiger partial charge is 0.370 e. The van der Waals surface area contributed by atoms with E-state index in [1.807, 2.05) is 0 Å². The molecule has 4 nitrogen and oxygen atoms in total. The van der Waals surface area contributed by atoms with Crippen LogP contribution in [-0.2, 0) is 12.8 Å². The highest BCUT2D eigenvalue weighted by atomic mass is 15.3. The molecular formula is C17H28N4. The number of anilines is 2. The Morgan fingerprint density at radius 2 is 1.71 bits per heavy atom. The van der Waals surface area contributed by atoms with Crippen molar-refractivity contribution in [2.75, 3.05) is 29.9 Å². The first-order valence-electron chi connectivity index (χ1n) is 8.77. The van der Waals surface area contributed by atoms with Crippen LogP contribution in [0.5, 0.6) is 0 Å². The van der Waals surface area contributed by atoms with Crippen molar-refractivity contribution in [3.8, 4) is 0 Å². The zero-order valence-corrected chi connectivity index (χ0v) is 13.3. The van der Waals surface area contributed by atoms with Gasteiger partial charge in [-0.3, -0.25) is 0 Å². The van der Waals surface area contributed by atoms with E-state index in [-0.39, 0.29) is 0 Å². The van der Waals surface area contributed by atoms with Gasteiger partial charge in [-0.25, -0.2) is 4.98 Å². The molecule has 2 heterocycles. The summed E-state index contributed by atoms with van der Waals surface area (Å²) in [4.78, 5) is 12.2. The summed E-state index contributed by atoms with van der Waals surface area (Å²) in [5.74, 6) is 2.08. The van der Waals surface area contributed by atoms with E-state index in [0.29, 0.717) is 0 Å². The van der Waals surface area contributed by atoms with Gasteiger partial charge in [-0.1, -0.05) is 13.3 Å². The van der Waals surface area contributed by atoms with Gasteiger partial charge in [0, 0.05) is 25.2 Å². The minimum atomic E-state index is 0.967. The normalized spacial score (nSPS) is 19.0. The zero-order valence-electron chi connectivity index (χ0n) is 13.3. The number of piperidine rings is 1. The minimum Gasteiger partial charge on any atom is -0.370 e. The number of aromatic nitrogens is 2. The van der Waals surface area contributed by atoms with Crippen LogP contribution in [0.1, 0.15) is 63.1 Å². The summed E-state index contributed by atoms with van der Waals surface area (Å²) in [6, 6.07) is 0. The molecule has 2 aliphatic rings. The van der Waals surface area contributed by atoms with E-state index in [9.17, 15) is 0 Å². The number of nitrogens with zero attached hydrogens (tertiary/aromatic N) is 3. The molecule has 1 aromatic rings. The molecule has 21 heavy (non-hydrogen) atoms. The smallest absolute Gasteiger partial charge is 0.227 e. The van der Waals surface area contributed by atoms with Crippen LogP contribution in [0.4, 0.5) is 11.8 Å². The van der Waals surface area contributed by atoms with Crippen molar-refractivity contribution in [1.82, 2.24) is 9.97 Å². The lowest BCUT2D eigenvalue weighted by molar-refractivity contribution is 0.567. The molecule has 0 amide bonds. The second kappa shape index (κ2) is 7.10. The number of aryl methyl sites for hydroxylation is 1. The fourth-order valence-corrected chi connectivity index (χ4v) is 3.38. The van der Waals surface area contributed by atoms with Crippen molar-refractivity contribution in [1.29, 1.82) is 0 Å². The average Bonchev–Trinajstić information content (AvgIpc) is 2.78. The van der Waals surface area contributed by atoms with Crippen molar-refractivity contribution in [3.63, 3.8) is 0 Å². The first-order chi connectivity index (χ1) is 10.4. The van der Waals surface area contributed by atoms with Crippen molar-refractivity contribution in [2.24, 2.45) is 0 Å². The second-order valence-corrected chi connectivity index (χ2v) is 6.33. The van der Waals surface area contributed by atoms with Gasteiger partial charge >= 0.3 is 0 Å². The summed E-state index contributed by atoms with van der Waals surface area (Å²) in [6.45, 7) is 5.44. The molecule has 3 rings (SSSR count). The lowest BCUT2D eigenvalue weighted by atomic mass is 10.1. The molecule has 0 bridgehead atoms. The van der Waals surface area contributed by atoms with Gasteiger partial charge in [0.2, 0.25) is 5.95 Å². The van der Waals surface area contributed by atoms with Crippen LogP contribution < -0.4 is 10.2 Å². The Morgan fingerprint density at radius 1 is 0.952 bits per heavy atom. The Bertz CT molecular complexity index is 466. The van der Waals surface area contributed by atoms with Gasteiger partial charge < -0.3 is 10.2 Å². The Labute approximate surface area is 128 Å². The number of hydrogen-bond acceptors (Lipinski definition) is 4. The molecule has 1 aromatic heterocycles. The summed E-state index contributed by atoms with van der Waals surface area (Å²) in [7, 11) is 0. The first-order valence-corrected chi connectivity index (χ1v) is 8.77. The molecule has 0 unspecified atom stereocenters. The monoisotopic (exact) mass is 288 g/mol. The molecule has 1 aliphatic carbocycles. The molecule has 0 radical (unpaired) electrons. The van der Waals surface area contributed by atoms with E-state index in [2.05, 4.69) is 17.1 Å². The Hall–Kier alpha value is -1.32. The van der Waals surface area contributed by atoms with Crippen molar-refractivity contribution >= 4 is 11.8 Å². The molecule has 1 fully saturated rings. The highest BCUT2D eigenvalue weighted by Gasteiger charge is 2.20. The summed E-state index contributed by atoms with van der Waals surface area (Å²) in [5, 5.41) is 3.55. The summed E-state index contributed by atoms with van der Waals surface area (Å²) >= 11 is 0. The van der Waals surface area contributed by atoms with Gasteiger partial charge in [-0.05, 0) is 51.4 Å². The highest BCUT2D eigenvalue weighted by Crippen LogP contribution is 2.28. The Kier molecular flexibility index (Phi) is 4.94. The van der Waals surface area contributed by atoms with Crippen LogP contribution in [0.25, 0.3) is 0 Å². The summed E-state index contributed by atoms with van der Waals surface area (Å²) in [5.41, 5.74) is 2.70. The van der Waals surface area contributed by atoms with Gasteiger partial charge in [0.05, 0.1) is 5.69 Å². The predicted molar refractivity (Wildman–Crippen MR) is 88.1 cm³/mol. The number of fused-ring (bicyclic) bond motifs is 1. The second-order valence-electron chi connectivity index (χ2n) is 6.33. The van der Waals surface area contributed by atoms with Crippen LogP contribution in [0.15, 0.2) is 0 Å². The quantitative estimate of drug-likeness (QED) is 0.860. The molecule has 1 saturated heterocycles. The highest BCUT2D eigenvalue weighted by molar-refractivity contribution is 5.52. The van der Waals surface area contributed by atoms with E-state index in [4.69, 9.17) is 9.97 Å². The summed E-state index contributed by atoms with van der Waals surface area (Å²) < 4.78 is 0. The fraction of sp³-hybridized carbons (Fsp3) is 0.765. The molecule has 1 aliphatic heterocycles. The van der Waals surface area contributed by atoms with Gasteiger partial charge in [-0.15, -0.1) is 0 Å². The predicted octanol–water partition coefficient (Wildman–Crippen LogP) is 3.56. The summed E-state index contributed by atoms with van der Waals surface area (Å²) in [6.07, 6.45) is 11.2. The van der Waals surface area contributed by atoms with Crippen LogP contribution in [0.3, 0.4) is 0 Å². The lowest BCUT2D eigenvalue weighted by Gasteiger charge is -2.28. The molecule has 0 saturated carbocycles. The van der Waals surface area contributed by atoms with Crippen LogP contribution in [-0.4, -0.2) is 29.6 Å². The minimum absolute atomic E-state index is 0.967. The molecule has 4 heteroatoms. The molecule has 1 N–H and O–H groups in total. The van der Waals surface area contributed by atoms with Crippen molar-refractivity contribution in [2.45, 2.75) is 64.7 Å². The average molecular weight is 288 g/mol. The maximum absolute atomic E-state index is 4.94. The maximum Gasteiger partial charge on any atom is 0.227 e. The third-order valence-corrected chi connectivity index (χ3v) is 4.60. The first kappa shape index (κ1) is 14.6. The number of nitrogens with one attached hydrogen (secondary N) is 1. The van der Waals surface area contributed by atoms with Gasteiger partial charge in [0.15, 0.2) is 0 Å². The molecule has 116 valence electrons.